The molecule has 1 fully saturated rings. The average Bonchev–Trinajstić information content (AvgIpc) is 3.19. The fraction of sp³-hybridized carbons (Fsp3) is 0.400. The van der Waals surface area contributed by atoms with E-state index in [1.54, 1.807) is 22.5 Å². The molecule has 2 aliphatic rings. The number of anilines is 1. The van der Waals surface area contributed by atoms with Crippen LogP contribution in [0.25, 0.3) is 0 Å². The normalized spacial score (nSPS) is 20.7. The van der Waals surface area contributed by atoms with Crippen LogP contribution < -0.4 is 4.90 Å². The van der Waals surface area contributed by atoms with Crippen LogP contribution in [-0.2, 0) is 16.4 Å². The molecular weight excluding hydrogens is 428 g/mol. The SMILES string of the molecule is Cc1ccc(Cc2nsc(N3CCN(S(=O)(=O)C4C=CC(Cl)=CC4)CC3)n2)cc1. The van der Waals surface area contributed by atoms with E-state index < -0.39 is 15.3 Å². The van der Waals surface area contributed by atoms with Gasteiger partial charge in [0.2, 0.25) is 15.2 Å². The van der Waals surface area contributed by atoms with Gasteiger partial charge in [-0.25, -0.2) is 13.4 Å². The number of aryl methyl sites for hydroxylation is 1. The van der Waals surface area contributed by atoms with Crippen LogP contribution in [0.5, 0.6) is 0 Å². The number of hydrogen-bond acceptors (Lipinski definition) is 6. The van der Waals surface area contributed by atoms with Crippen LogP contribution >= 0.6 is 23.1 Å². The first-order valence-electron chi connectivity index (χ1n) is 9.58. The third-order valence-electron chi connectivity index (χ3n) is 5.21. The molecule has 0 bridgehead atoms. The summed E-state index contributed by atoms with van der Waals surface area (Å²) in [6, 6.07) is 8.38. The predicted octanol–water partition coefficient (Wildman–Crippen LogP) is 3.34. The summed E-state index contributed by atoms with van der Waals surface area (Å²) in [4.78, 5) is 6.79. The van der Waals surface area contributed by atoms with Crippen molar-refractivity contribution >= 4 is 38.3 Å². The average molecular weight is 451 g/mol. The van der Waals surface area contributed by atoms with Crippen LogP contribution in [0.15, 0.2) is 47.5 Å². The van der Waals surface area contributed by atoms with Gasteiger partial charge in [0.25, 0.3) is 0 Å². The van der Waals surface area contributed by atoms with Crippen molar-refractivity contribution in [3.05, 3.63) is 64.5 Å². The molecule has 9 heteroatoms. The molecule has 4 rings (SSSR count). The van der Waals surface area contributed by atoms with Crippen molar-refractivity contribution in [3.8, 4) is 0 Å². The Kier molecular flexibility index (Phi) is 6.06. The zero-order valence-electron chi connectivity index (χ0n) is 16.2. The summed E-state index contributed by atoms with van der Waals surface area (Å²) in [5.41, 5.74) is 2.42. The lowest BCUT2D eigenvalue weighted by atomic mass is 10.1. The number of piperazine rings is 1. The first-order chi connectivity index (χ1) is 13.9. The first kappa shape index (κ1) is 20.5. The maximum atomic E-state index is 12.9. The third kappa shape index (κ3) is 4.71. The Morgan fingerprint density at radius 2 is 1.90 bits per heavy atom. The van der Waals surface area contributed by atoms with Gasteiger partial charge >= 0.3 is 0 Å². The van der Waals surface area contributed by atoms with Crippen molar-refractivity contribution in [1.82, 2.24) is 13.7 Å². The summed E-state index contributed by atoms with van der Waals surface area (Å²) in [5.74, 6) is 0.805. The molecule has 0 radical (unpaired) electrons. The van der Waals surface area contributed by atoms with Gasteiger partial charge in [0.15, 0.2) is 0 Å². The van der Waals surface area contributed by atoms with Gasteiger partial charge < -0.3 is 4.90 Å². The lowest BCUT2D eigenvalue weighted by Gasteiger charge is -2.35. The smallest absolute Gasteiger partial charge is 0.221 e. The monoisotopic (exact) mass is 450 g/mol. The molecule has 1 aliphatic carbocycles. The zero-order chi connectivity index (χ0) is 20.4. The number of aromatic nitrogens is 2. The maximum absolute atomic E-state index is 12.9. The van der Waals surface area contributed by atoms with E-state index in [9.17, 15) is 8.42 Å². The van der Waals surface area contributed by atoms with Gasteiger partial charge in [0, 0.05) is 49.2 Å². The Morgan fingerprint density at radius 1 is 1.17 bits per heavy atom. The van der Waals surface area contributed by atoms with Gasteiger partial charge in [-0.1, -0.05) is 53.6 Å². The van der Waals surface area contributed by atoms with Gasteiger partial charge in [0.1, 0.15) is 5.82 Å². The van der Waals surface area contributed by atoms with E-state index in [-0.39, 0.29) is 0 Å². The molecule has 0 spiro atoms. The Morgan fingerprint density at radius 3 is 2.55 bits per heavy atom. The molecule has 6 nitrogen and oxygen atoms in total. The number of nitrogens with zero attached hydrogens (tertiary/aromatic N) is 4. The van der Waals surface area contributed by atoms with E-state index in [2.05, 4.69) is 45.4 Å². The summed E-state index contributed by atoms with van der Waals surface area (Å²) in [5, 5.41) is 0.926. The quantitative estimate of drug-likeness (QED) is 0.698. The van der Waals surface area contributed by atoms with Crippen LogP contribution in [0.4, 0.5) is 5.13 Å². The minimum atomic E-state index is -3.37. The number of hydrogen-bond donors (Lipinski definition) is 0. The molecule has 1 unspecified atom stereocenters. The van der Waals surface area contributed by atoms with Crippen molar-refractivity contribution < 1.29 is 8.42 Å². The van der Waals surface area contributed by atoms with Gasteiger partial charge in [0.05, 0.1) is 5.25 Å². The highest BCUT2D eigenvalue weighted by molar-refractivity contribution is 7.89. The first-order valence-corrected chi connectivity index (χ1v) is 12.2. The molecule has 29 heavy (non-hydrogen) atoms. The summed E-state index contributed by atoms with van der Waals surface area (Å²) >= 11 is 7.29. The minimum Gasteiger partial charge on any atom is -0.344 e. The topological polar surface area (TPSA) is 66.4 Å². The van der Waals surface area contributed by atoms with Crippen LogP contribution in [0.3, 0.4) is 0 Å². The summed E-state index contributed by atoms with van der Waals surface area (Å²) in [6.45, 7) is 4.21. The van der Waals surface area contributed by atoms with Crippen LogP contribution in [0.2, 0.25) is 0 Å². The Labute approximate surface area is 180 Å². The highest BCUT2D eigenvalue weighted by atomic mass is 35.5. The van der Waals surface area contributed by atoms with Crippen molar-refractivity contribution in [3.63, 3.8) is 0 Å². The van der Waals surface area contributed by atoms with Crippen molar-refractivity contribution in [2.75, 3.05) is 31.1 Å². The van der Waals surface area contributed by atoms with Crippen molar-refractivity contribution in [2.24, 2.45) is 0 Å². The molecule has 1 aliphatic heterocycles. The lowest BCUT2D eigenvalue weighted by Crippen LogP contribution is -2.51. The fourth-order valence-corrected chi connectivity index (χ4v) is 6.02. The minimum absolute atomic E-state index is 0.427. The molecule has 1 aromatic heterocycles. The second-order valence-electron chi connectivity index (χ2n) is 7.31. The van der Waals surface area contributed by atoms with Crippen molar-refractivity contribution in [1.29, 1.82) is 0 Å². The maximum Gasteiger partial charge on any atom is 0.221 e. The molecular formula is C20H23ClN4O2S2. The molecule has 0 amide bonds. The molecule has 1 saturated heterocycles. The number of benzene rings is 1. The van der Waals surface area contributed by atoms with E-state index in [4.69, 9.17) is 11.6 Å². The molecule has 154 valence electrons. The van der Waals surface area contributed by atoms with Gasteiger partial charge in [-0.3, -0.25) is 0 Å². The van der Waals surface area contributed by atoms with E-state index in [0.29, 0.717) is 44.1 Å². The fourth-order valence-electron chi connectivity index (χ4n) is 3.45. The molecule has 0 saturated carbocycles. The molecule has 2 heterocycles. The van der Waals surface area contributed by atoms with Gasteiger partial charge in [-0.2, -0.15) is 8.68 Å². The second-order valence-corrected chi connectivity index (χ2v) is 10.6. The predicted molar refractivity (Wildman–Crippen MR) is 118 cm³/mol. The molecule has 0 N–H and O–H groups in total. The standard InChI is InChI=1S/C20H23ClN4O2S2/c1-15-2-4-16(5-3-15)14-19-22-20(28-23-19)24-10-12-25(13-11-24)29(26,27)18-8-6-17(21)7-9-18/h2-8,18H,9-14H2,1H3. The van der Waals surface area contributed by atoms with Crippen LogP contribution in [0, 0.1) is 6.92 Å². The number of halogens is 1. The van der Waals surface area contributed by atoms with Crippen LogP contribution in [0.1, 0.15) is 23.4 Å². The Balaban J connectivity index is 1.36. The molecule has 1 atom stereocenters. The Bertz CT molecular complexity index is 1020. The summed E-state index contributed by atoms with van der Waals surface area (Å²) in [6.07, 6.45) is 6.25. The van der Waals surface area contributed by atoms with Crippen molar-refractivity contribution in [2.45, 2.75) is 25.0 Å². The van der Waals surface area contributed by atoms with E-state index >= 15 is 0 Å². The largest absolute Gasteiger partial charge is 0.344 e. The highest BCUT2D eigenvalue weighted by Gasteiger charge is 2.33. The third-order valence-corrected chi connectivity index (χ3v) is 8.50. The van der Waals surface area contributed by atoms with Gasteiger partial charge in [-0.05, 0) is 25.0 Å². The van der Waals surface area contributed by atoms with E-state index in [0.717, 1.165) is 11.0 Å². The Hall–Kier alpha value is -1.74. The lowest BCUT2D eigenvalue weighted by molar-refractivity contribution is 0.381. The molecule has 2 aromatic rings. The summed E-state index contributed by atoms with van der Waals surface area (Å²) < 4.78 is 31.8. The highest BCUT2D eigenvalue weighted by Crippen LogP contribution is 2.25. The second kappa shape index (κ2) is 8.55. The number of rotatable bonds is 5. The molecule has 1 aromatic carbocycles. The van der Waals surface area contributed by atoms with Gasteiger partial charge in [-0.15, -0.1) is 0 Å². The van der Waals surface area contributed by atoms with E-state index in [1.807, 2.05) is 0 Å². The zero-order valence-corrected chi connectivity index (χ0v) is 18.6. The van der Waals surface area contributed by atoms with Crippen LogP contribution in [-0.4, -0.2) is 53.5 Å². The number of sulfonamides is 1. The number of allylic oxidation sites excluding steroid dienone is 3. The summed E-state index contributed by atoms with van der Waals surface area (Å²) in [7, 11) is -3.37. The van der Waals surface area contributed by atoms with E-state index in [1.165, 1.54) is 22.7 Å².